The summed E-state index contributed by atoms with van der Waals surface area (Å²) in [5.74, 6) is -1.01. The normalized spacial score (nSPS) is 12.9. The molecular weight excluding hydrogens is 286 g/mol. The Kier molecular flexibility index (Phi) is 6.10. The van der Waals surface area contributed by atoms with Crippen LogP contribution in [-0.2, 0) is 24.6 Å². The number of esters is 1. The SMILES string of the molecule is CCOC(=O)CC(C)(c1ccccc1)N(C(C)=O)C(=O)OC. The van der Waals surface area contributed by atoms with Crippen LogP contribution in [0.2, 0.25) is 0 Å². The summed E-state index contributed by atoms with van der Waals surface area (Å²) in [5.41, 5.74) is -0.546. The minimum absolute atomic E-state index is 0.153. The fourth-order valence-electron chi connectivity index (χ4n) is 2.37. The number of amides is 2. The van der Waals surface area contributed by atoms with E-state index < -0.39 is 23.5 Å². The molecule has 1 rings (SSSR count). The van der Waals surface area contributed by atoms with E-state index in [4.69, 9.17) is 9.47 Å². The zero-order valence-electron chi connectivity index (χ0n) is 13.3. The summed E-state index contributed by atoms with van der Waals surface area (Å²) in [7, 11) is 1.19. The molecule has 0 aliphatic heterocycles. The van der Waals surface area contributed by atoms with Gasteiger partial charge in [0.25, 0.3) is 0 Å². The zero-order chi connectivity index (χ0) is 16.8. The van der Waals surface area contributed by atoms with Crippen molar-refractivity contribution in [2.24, 2.45) is 0 Å². The predicted molar refractivity (Wildman–Crippen MR) is 80.0 cm³/mol. The maximum absolute atomic E-state index is 12.0. The Hall–Kier alpha value is -2.37. The van der Waals surface area contributed by atoms with Crippen LogP contribution in [0.4, 0.5) is 4.79 Å². The maximum Gasteiger partial charge on any atom is 0.417 e. The highest BCUT2D eigenvalue weighted by Crippen LogP contribution is 2.33. The minimum Gasteiger partial charge on any atom is -0.466 e. The minimum atomic E-state index is -1.19. The molecule has 6 nitrogen and oxygen atoms in total. The lowest BCUT2D eigenvalue weighted by atomic mass is 9.86. The van der Waals surface area contributed by atoms with Gasteiger partial charge in [0, 0.05) is 6.92 Å². The van der Waals surface area contributed by atoms with Gasteiger partial charge in [-0.05, 0) is 19.4 Å². The van der Waals surface area contributed by atoms with Gasteiger partial charge in [0.05, 0.1) is 25.7 Å². The molecule has 0 bridgehead atoms. The highest BCUT2D eigenvalue weighted by atomic mass is 16.5. The first-order valence-corrected chi connectivity index (χ1v) is 6.96. The average molecular weight is 307 g/mol. The number of hydrogen-bond donors (Lipinski definition) is 0. The monoisotopic (exact) mass is 307 g/mol. The number of rotatable bonds is 5. The number of methoxy groups -OCH3 is 1. The van der Waals surface area contributed by atoms with Gasteiger partial charge >= 0.3 is 12.1 Å². The Morgan fingerprint density at radius 3 is 2.23 bits per heavy atom. The number of benzene rings is 1. The number of nitrogens with zero attached hydrogens (tertiary/aromatic N) is 1. The third-order valence-electron chi connectivity index (χ3n) is 3.36. The molecule has 0 saturated heterocycles. The van der Waals surface area contributed by atoms with E-state index >= 15 is 0 Å². The van der Waals surface area contributed by atoms with Crippen molar-refractivity contribution in [1.82, 2.24) is 4.90 Å². The Morgan fingerprint density at radius 1 is 1.18 bits per heavy atom. The van der Waals surface area contributed by atoms with Crippen molar-refractivity contribution in [1.29, 1.82) is 0 Å². The Labute approximate surface area is 130 Å². The van der Waals surface area contributed by atoms with E-state index in [2.05, 4.69) is 0 Å². The third-order valence-corrected chi connectivity index (χ3v) is 3.36. The molecule has 0 N–H and O–H groups in total. The van der Waals surface area contributed by atoms with Gasteiger partial charge in [-0.2, -0.15) is 0 Å². The molecule has 0 aliphatic carbocycles. The van der Waals surface area contributed by atoms with Gasteiger partial charge in [-0.1, -0.05) is 30.3 Å². The quantitative estimate of drug-likeness (QED) is 0.781. The van der Waals surface area contributed by atoms with Crippen molar-refractivity contribution in [3.8, 4) is 0 Å². The van der Waals surface area contributed by atoms with E-state index in [1.54, 1.807) is 38.1 Å². The van der Waals surface area contributed by atoms with Crippen LogP contribution in [0.15, 0.2) is 30.3 Å². The third kappa shape index (κ3) is 3.84. The second kappa shape index (κ2) is 7.59. The van der Waals surface area contributed by atoms with E-state index in [-0.39, 0.29) is 13.0 Å². The van der Waals surface area contributed by atoms with Crippen LogP contribution < -0.4 is 0 Å². The topological polar surface area (TPSA) is 72.9 Å². The van der Waals surface area contributed by atoms with Crippen LogP contribution in [-0.4, -0.2) is 36.6 Å². The molecule has 0 fully saturated rings. The second-order valence-electron chi connectivity index (χ2n) is 4.95. The first-order chi connectivity index (χ1) is 10.4. The summed E-state index contributed by atoms with van der Waals surface area (Å²) in [4.78, 5) is 36.9. The molecule has 0 spiro atoms. The van der Waals surface area contributed by atoms with Crippen LogP contribution in [0.5, 0.6) is 0 Å². The van der Waals surface area contributed by atoms with Crippen LogP contribution >= 0.6 is 0 Å². The molecule has 120 valence electrons. The van der Waals surface area contributed by atoms with Gasteiger partial charge in [-0.3, -0.25) is 9.59 Å². The Morgan fingerprint density at radius 2 is 1.77 bits per heavy atom. The lowest BCUT2D eigenvalue weighted by Gasteiger charge is -2.38. The van der Waals surface area contributed by atoms with Crippen molar-refractivity contribution in [3.05, 3.63) is 35.9 Å². The number of carbonyl (C=O) groups is 3. The first-order valence-electron chi connectivity index (χ1n) is 6.96. The molecule has 1 aromatic rings. The fraction of sp³-hybridized carbons (Fsp3) is 0.438. The van der Waals surface area contributed by atoms with Gasteiger partial charge in [-0.15, -0.1) is 0 Å². The smallest absolute Gasteiger partial charge is 0.417 e. The molecule has 0 aliphatic rings. The molecule has 6 heteroatoms. The lowest BCUT2D eigenvalue weighted by Crippen LogP contribution is -2.51. The number of imide groups is 1. The summed E-state index contributed by atoms with van der Waals surface area (Å²) < 4.78 is 9.67. The molecule has 1 aromatic carbocycles. The van der Waals surface area contributed by atoms with E-state index in [1.807, 2.05) is 6.07 Å². The molecule has 0 saturated carbocycles. The van der Waals surface area contributed by atoms with E-state index in [0.29, 0.717) is 5.56 Å². The first kappa shape index (κ1) is 17.7. The van der Waals surface area contributed by atoms with E-state index in [1.165, 1.54) is 14.0 Å². The van der Waals surface area contributed by atoms with Crippen LogP contribution in [0.1, 0.15) is 32.8 Å². The lowest BCUT2D eigenvalue weighted by molar-refractivity contribution is -0.147. The molecule has 0 radical (unpaired) electrons. The van der Waals surface area contributed by atoms with Gasteiger partial charge in [0.1, 0.15) is 0 Å². The van der Waals surface area contributed by atoms with Gasteiger partial charge in [-0.25, -0.2) is 9.69 Å². The van der Waals surface area contributed by atoms with E-state index in [9.17, 15) is 14.4 Å². The molecular formula is C16H21NO5. The molecule has 1 unspecified atom stereocenters. The largest absolute Gasteiger partial charge is 0.466 e. The molecule has 0 aromatic heterocycles. The molecule has 2 amide bonds. The molecule has 22 heavy (non-hydrogen) atoms. The second-order valence-corrected chi connectivity index (χ2v) is 4.95. The van der Waals surface area contributed by atoms with Gasteiger partial charge in [0.15, 0.2) is 0 Å². The number of ether oxygens (including phenoxy) is 2. The average Bonchev–Trinajstić information content (AvgIpc) is 2.47. The maximum atomic E-state index is 12.0. The predicted octanol–water partition coefficient (Wildman–Crippen LogP) is 2.47. The molecule has 1 atom stereocenters. The van der Waals surface area contributed by atoms with Gasteiger partial charge in [0.2, 0.25) is 5.91 Å². The summed E-state index contributed by atoms with van der Waals surface area (Å²) in [5, 5.41) is 0. The van der Waals surface area contributed by atoms with Crippen molar-refractivity contribution < 1.29 is 23.9 Å². The standard InChI is InChI=1S/C16H21NO5/c1-5-22-14(19)11-16(3,13-9-7-6-8-10-13)17(12(2)18)15(20)21-4/h6-10H,5,11H2,1-4H3. The van der Waals surface area contributed by atoms with Crippen LogP contribution in [0.3, 0.4) is 0 Å². The van der Waals surface area contributed by atoms with Crippen molar-refractivity contribution in [3.63, 3.8) is 0 Å². The fourth-order valence-corrected chi connectivity index (χ4v) is 2.37. The van der Waals surface area contributed by atoms with Gasteiger partial charge < -0.3 is 9.47 Å². The highest BCUT2D eigenvalue weighted by Gasteiger charge is 2.42. The van der Waals surface area contributed by atoms with Crippen molar-refractivity contribution in [2.75, 3.05) is 13.7 Å². The summed E-state index contributed by atoms with van der Waals surface area (Å²) in [6, 6.07) is 8.85. The Bertz CT molecular complexity index is 543. The molecule has 0 heterocycles. The van der Waals surface area contributed by atoms with Crippen molar-refractivity contribution in [2.45, 2.75) is 32.7 Å². The summed E-state index contributed by atoms with van der Waals surface area (Å²) in [6.07, 6.45) is -0.970. The van der Waals surface area contributed by atoms with Crippen molar-refractivity contribution >= 4 is 18.0 Å². The number of hydrogen-bond acceptors (Lipinski definition) is 5. The summed E-state index contributed by atoms with van der Waals surface area (Å²) in [6.45, 7) is 4.81. The highest BCUT2D eigenvalue weighted by molar-refractivity contribution is 5.92. The Balaban J connectivity index is 3.34. The summed E-state index contributed by atoms with van der Waals surface area (Å²) >= 11 is 0. The van der Waals surface area contributed by atoms with Crippen LogP contribution in [0.25, 0.3) is 0 Å². The zero-order valence-corrected chi connectivity index (χ0v) is 13.3. The number of carbonyl (C=O) groups excluding carboxylic acids is 3. The van der Waals surface area contributed by atoms with Crippen LogP contribution in [0, 0.1) is 0 Å². The van der Waals surface area contributed by atoms with E-state index in [0.717, 1.165) is 4.90 Å².